The maximum absolute atomic E-state index is 12.0. The fraction of sp³-hybridized carbons (Fsp3) is 0.759. The van der Waals surface area contributed by atoms with Crippen molar-refractivity contribution < 1.29 is 20.1 Å². The molecule has 0 aromatic rings. The minimum Gasteiger partial charge on any atom is -0.393 e. The van der Waals surface area contributed by atoms with Crippen LogP contribution in [0, 0.1) is 28.1 Å². The number of carbonyl (C=O) groups excluding carboxylic acids is 1. The Morgan fingerprint density at radius 1 is 1.09 bits per heavy atom. The van der Waals surface area contributed by atoms with Gasteiger partial charge in [0, 0.05) is 0 Å². The number of allylic oxidation sites excluding steroid dienone is 4. The minimum absolute atomic E-state index is 0.0458. The Balaban J connectivity index is 1.50. The number of ketones is 1. The number of hydrogen-bond acceptors (Lipinski definition) is 4. The number of hydrogen-bond donors (Lipinski definition) is 3. The van der Waals surface area contributed by atoms with E-state index in [2.05, 4.69) is 39.0 Å². The number of fused-ring (bicyclic) bond motifs is 1. The number of aliphatic hydroxyl groups is 3. The monoisotopic (exact) mass is 456 g/mol. The molecular formula is C29H44O4. The summed E-state index contributed by atoms with van der Waals surface area (Å²) in [6.45, 7) is 8.67. The summed E-state index contributed by atoms with van der Waals surface area (Å²) in [5, 5.41) is 30.8. The van der Waals surface area contributed by atoms with Gasteiger partial charge in [0.15, 0.2) is 0 Å². The Hall–Kier alpha value is -1.23. The highest BCUT2D eigenvalue weighted by molar-refractivity contribution is 5.86. The molecule has 6 atom stereocenters. The summed E-state index contributed by atoms with van der Waals surface area (Å²) in [6.07, 6.45) is 16.4. The Bertz CT molecular complexity index is 834. The average Bonchev–Trinajstić information content (AvgIpc) is 3.46. The van der Waals surface area contributed by atoms with Crippen molar-refractivity contribution in [1.82, 2.24) is 0 Å². The van der Waals surface area contributed by atoms with Crippen LogP contribution in [0.15, 0.2) is 35.5 Å². The molecule has 0 aromatic carbocycles. The van der Waals surface area contributed by atoms with Gasteiger partial charge in [-0.3, -0.25) is 4.79 Å². The first-order valence-electron chi connectivity index (χ1n) is 13.1. The van der Waals surface area contributed by atoms with Gasteiger partial charge < -0.3 is 15.3 Å². The van der Waals surface area contributed by atoms with Crippen molar-refractivity contribution in [1.29, 1.82) is 0 Å². The van der Waals surface area contributed by atoms with Crippen LogP contribution in [-0.4, -0.2) is 39.4 Å². The fourth-order valence-corrected chi connectivity index (χ4v) is 7.62. The van der Waals surface area contributed by atoms with Crippen LogP contribution < -0.4 is 0 Å². The van der Waals surface area contributed by atoms with Gasteiger partial charge in [-0.15, -0.1) is 0 Å². The highest BCUT2D eigenvalue weighted by Crippen LogP contribution is 2.62. The molecule has 4 aliphatic carbocycles. The van der Waals surface area contributed by atoms with Crippen LogP contribution in [0.2, 0.25) is 0 Å². The Morgan fingerprint density at radius 3 is 2.36 bits per heavy atom. The maximum atomic E-state index is 12.0. The summed E-state index contributed by atoms with van der Waals surface area (Å²) in [5.41, 5.74) is 2.35. The van der Waals surface area contributed by atoms with Crippen LogP contribution in [-0.2, 0) is 4.79 Å². The predicted molar refractivity (Wildman–Crippen MR) is 131 cm³/mol. The first kappa shape index (κ1) is 24.9. The van der Waals surface area contributed by atoms with Gasteiger partial charge in [0.1, 0.15) is 5.78 Å². The van der Waals surface area contributed by atoms with Crippen LogP contribution in [0.5, 0.6) is 0 Å². The molecule has 0 spiro atoms. The highest BCUT2D eigenvalue weighted by Gasteiger charge is 2.54. The lowest BCUT2D eigenvalue weighted by molar-refractivity contribution is -0.124. The van der Waals surface area contributed by atoms with E-state index in [0.717, 1.165) is 24.8 Å². The summed E-state index contributed by atoms with van der Waals surface area (Å²) < 4.78 is 0. The summed E-state index contributed by atoms with van der Waals surface area (Å²) in [7, 11) is 0. The van der Waals surface area contributed by atoms with Crippen LogP contribution >= 0.6 is 0 Å². The van der Waals surface area contributed by atoms with Crippen LogP contribution in [0.25, 0.3) is 0 Å². The second-order valence-corrected chi connectivity index (χ2v) is 12.4. The van der Waals surface area contributed by atoms with Crippen molar-refractivity contribution in [2.45, 2.75) is 110 Å². The molecule has 4 aliphatic rings. The van der Waals surface area contributed by atoms with Crippen LogP contribution in [0.4, 0.5) is 0 Å². The Labute approximate surface area is 199 Å². The first-order valence-corrected chi connectivity index (χ1v) is 13.1. The maximum Gasteiger partial charge on any atom is 0.138 e. The van der Waals surface area contributed by atoms with Gasteiger partial charge in [0.25, 0.3) is 0 Å². The van der Waals surface area contributed by atoms with Gasteiger partial charge in [-0.05, 0) is 93.8 Å². The van der Waals surface area contributed by atoms with Crippen molar-refractivity contribution in [2.24, 2.45) is 28.1 Å². The SMILES string of the molecule is CC(=O)C1([C@H](O)C=CC(C)(C)[C@H]2CC[C@H]3C(=CC=C4C[C@@H](O)C[C@H](O)C4)CCC[C@]23C)CC1. The molecule has 4 saturated carbocycles. The van der Waals surface area contributed by atoms with Crippen molar-refractivity contribution in [2.75, 3.05) is 0 Å². The van der Waals surface area contributed by atoms with E-state index in [0.29, 0.717) is 31.1 Å². The molecule has 4 rings (SSSR count). The summed E-state index contributed by atoms with van der Waals surface area (Å²) in [4.78, 5) is 12.0. The summed E-state index contributed by atoms with van der Waals surface area (Å²) in [6, 6.07) is 0. The predicted octanol–water partition coefficient (Wildman–Crippen LogP) is 5.27. The molecule has 0 amide bonds. The lowest BCUT2D eigenvalue weighted by atomic mass is 9.57. The average molecular weight is 457 g/mol. The summed E-state index contributed by atoms with van der Waals surface area (Å²) in [5.74, 6) is 1.20. The molecule has 0 heterocycles. The molecule has 0 aromatic heterocycles. The van der Waals surface area contributed by atoms with Crippen molar-refractivity contribution >= 4 is 5.78 Å². The van der Waals surface area contributed by atoms with Crippen molar-refractivity contribution in [3.63, 3.8) is 0 Å². The van der Waals surface area contributed by atoms with Gasteiger partial charge in [-0.25, -0.2) is 0 Å². The third kappa shape index (κ3) is 4.81. The van der Waals surface area contributed by atoms with E-state index in [1.807, 2.05) is 6.08 Å². The van der Waals surface area contributed by atoms with E-state index in [9.17, 15) is 20.1 Å². The third-order valence-corrected chi connectivity index (χ3v) is 9.70. The van der Waals surface area contributed by atoms with E-state index in [4.69, 9.17) is 0 Å². The second-order valence-electron chi connectivity index (χ2n) is 12.4. The zero-order chi connectivity index (χ0) is 24.0. The highest BCUT2D eigenvalue weighted by atomic mass is 16.3. The van der Waals surface area contributed by atoms with Gasteiger partial charge in [-0.2, -0.15) is 0 Å². The molecule has 0 saturated heterocycles. The smallest absolute Gasteiger partial charge is 0.138 e. The van der Waals surface area contributed by atoms with E-state index in [1.54, 1.807) is 6.92 Å². The minimum atomic E-state index is -0.672. The number of Topliss-reactive ketones (excluding diaryl/α,β-unsaturated/α-hetero) is 1. The van der Waals surface area contributed by atoms with Crippen LogP contribution in [0.1, 0.15) is 91.9 Å². The van der Waals surface area contributed by atoms with Gasteiger partial charge in [0.05, 0.1) is 23.7 Å². The number of carbonyl (C=O) groups is 1. The van der Waals surface area contributed by atoms with Crippen molar-refractivity contribution in [3.05, 3.63) is 35.5 Å². The second kappa shape index (κ2) is 9.09. The Kier molecular flexibility index (Phi) is 6.85. The molecule has 4 heteroatoms. The van der Waals surface area contributed by atoms with Crippen molar-refractivity contribution in [3.8, 4) is 0 Å². The Morgan fingerprint density at radius 2 is 1.76 bits per heavy atom. The number of aliphatic hydroxyl groups excluding tert-OH is 3. The quantitative estimate of drug-likeness (QED) is 0.476. The van der Waals surface area contributed by atoms with Crippen LogP contribution in [0.3, 0.4) is 0 Å². The topological polar surface area (TPSA) is 77.8 Å². The van der Waals surface area contributed by atoms with Gasteiger partial charge in [0.2, 0.25) is 0 Å². The lowest BCUT2D eigenvalue weighted by Crippen LogP contribution is -2.39. The first-order chi connectivity index (χ1) is 15.5. The molecule has 184 valence electrons. The lowest BCUT2D eigenvalue weighted by Gasteiger charge is -2.47. The zero-order valence-electron chi connectivity index (χ0n) is 21.0. The van der Waals surface area contributed by atoms with Gasteiger partial charge >= 0.3 is 0 Å². The van der Waals surface area contributed by atoms with E-state index in [-0.39, 0.29) is 16.6 Å². The molecule has 0 radical (unpaired) electrons. The fourth-order valence-electron chi connectivity index (χ4n) is 7.62. The molecule has 4 nitrogen and oxygen atoms in total. The van der Waals surface area contributed by atoms with Gasteiger partial charge in [-0.1, -0.05) is 56.2 Å². The molecule has 33 heavy (non-hydrogen) atoms. The summed E-state index contributed by atoms with van der Waals surface area (Å²) >= 11 is 0. The van der Waals surface area contributed by atoms with E-state index in [1.165, 1.54) is 31.3 Å². The molecule has 3 N–H and O–H groups in total. The molecule has 4 fully saturated rings. The third-order valence-electron chi connectivity index (χ3n) is 9.70. The molecule has 0 unspecified atom stereocenters. The number of rotatable bonds is 6. The van der Waals surface area contributed by atoms with E-state index < -0.39 is 23.7 Å². The molecular weight excluding hydrogens is 412 g/mol. The normalized spacial score (nSPS) is 38.4. The van der Waals surface area contributed by atoms with E-state index >= 15 is 0 Å². The largest absolute Gasteiger partial charge is 0.393 e. The zero-order valence-corrected chi connectivity index (χ0v) is 21.0. The molecule has 0 bridgehead atoms. The standard InChI is InChI=1S/C29H44O4/c1-19(30)29(14-15-29)26(33)11-13-27(2,3)25-10-9-24-21(6-5-12-28(24,25)4)8-7-20-16-22(31)18-23(32)17-20/h7-8,11,13,22-26,31-33H,5-6,9-10,12,14-18H2,1-4H3/t22-,23-,24+,25-,26-,28+/m1/s1. The molecule has 0 aliphatic heterocycles.